The van der Waals surface area contributed by atoms with E-state index in [0.717, 1.165) is 11.1 Å². The third-order valence-electron chi connectivity index (χ3n) is 4.01. The molecule has 0 heterocycles. The quantitative estimate of drug-likeness (QED) is 0.287. The summed E-state index contributed by atoms with van der Waals surface area (Å²) in [7, 11) is -8.98. The van der Waals surface area contributed by atoms with Gasteiger partial charge >= 0.3 is 0 Å². The second kappa shape index (κ2) is 9.70. The van der Waals surface area contributed by atoms with Gasteiger partial charge < -0.3 is 9.11 Å². The Morgan fingerprint density at radius 3 is 1.34 bits per heavy atom. The van der Waals surface area contributed by atoms with Crippen LogP contribution in [0.25, 0.3) is 0 Å². The van der Waals surface area contributed by atoms with Crippen LogP contribution in [-0.4, -0.2) is 38.4 Å². The minimum Gasteiger partial charge on any atom is -0.744 e. The molecule has 0 radical (unpaired) electrons. The van der Waals surface area contributed by atoms with E-state index in [1.807, 2.05) is 12.1 Å². The monoisotopic (exact) mass is 472 g/mol. The molecule has 0 atom stereocenters. The maximum atomic E-state index is 10.9. The van der Waals surface area contributed by atoms with Gasteiger partial charge in [0.05, 0.1) is 33.6 Å². The predicted octanol–water partition coefficient (Wildman–Crippen LogP) is 2.39. The van der Waals surface area contributed by atoms with Crippen molar-refractivity contribution in [3.05, 3.63) is 83.9 Å². The van der Waals surface area contributed by atoms with Crippen LogP contribution in [0.2, 0.25) is 0 Å². The summed E-state index contributed by atoms with van der Waals surface area (Å²) in [5.74, 6) is 0. The van der Waals surface area contributed by atoms with Crippen molar-refractivity contribution in [1.29, 1.82) is 0 Å². The summed E-state index contributed by atoms with van der Waals surface area (Å²) in [6.45, 7) is 0. The zero-order chi connectivity index (χ0) is 23.2. The fraction of sp³-hybridized carbons (Fsp3) is 0. The van der Waals surface area contributed by atoms with Gasteiger partial charge in [0.25, 0.3) is 0 Å². The molecule has 0 aliphatic carbocycles. The van der Waals surface area contributed by atoms with Gasteiger partial charge in [-0.2, -0.15) is 10.2 Å². The van der Waals surface area contributed by atoms with E-state index < -0.39 is 20.2 Å². The highest BCUT2D eigenvalue weighted by atomic mass is 32.2. The molecule has 0 bridgehead atoms. The summed E-state index contributed by atoms with van der Waals surface area (Å²) >= 11 is 0. The van der Waals surface area contributed by atoms with Crippen molar-refractivity contribution in [1.82, 2.24) is 0 Å². The summed E-state index contributed by atoms with van der Waals surface area (Å²) in [5.41, 5.74) is 7.99. The average Bonchev–Trinajstić information content (AvgIpc) is 2.74. The maximum Gasteiger partial charge on any atom is 0.124 e. The minimum atomic E-state index is -4.49. The van der Waals surface area contributed by atoms with Crippen LogP contribution in [0, 0.1) is 0 Å². The third kappa shape index (κ3) is 6.72. The topological polar surface area (TPSA) is 163 Å². The second-order valence-corrected chi connectivity index (χ2v) is 9.13. The molecule has 12 heteroatoms. The first-order chi connectivity index (χ1) is 15.1. The summed E-state index contributed by atoms with van der Waals surface area (Å²) in [6, 6.07) is 17.7. The molecule has 0 aliphatic heterocycles. The molecule has 10 nitrogen and oxygen atoms in total. The van der Waals surface area contributed by atoms with Gasteiger partial charge in [0, 0.05) is 0 Å². The van der Waals surface area contributed by atoms with Gasteiger partial charge in [-0.05, 0) is 65.7 Å². The lowest BCUT2D eigenvalue weighted by Crippen LogP contribution is -1.98. The predicted molar refractivity (Wildman–Crippen MR) is 118 cm³/mol. The van der Waals surface area contributed by atoms with Crippen LogP contribution in [-0.2, 0) is 20.2 Å². The lowest BCUT2D eigenvalue weighted by atomic mass is 10.1. The number of rotatable bonds is 8. The fourth-order valence-corrected chi connectivity index (χ4v) is 3.41. The number of benzene rings is 3. The molecular formula is C20H16N4O6S2-2. The lowest BCUT2D eigenvalue weighted by Gasteiger charge is -2.07. The Morgan fingerprint density at radius 2 is 1.00 bits per heavy atom. The normalized spacial score (nSPS) is 12.3. The summed E-state index contributed by atoms with van der Waals surface area (Å²) in [6.07, 6.45) is 3.09. The van der Waals surface area contributed by atoms with Gasteiger partial charge in [0.2, 0.25) is 0 Å². The number of anilines is 2. The van der Waals surface area contributed by atoms with Crippen LogP contribution < -0.4 is 10.9 Å². The van der Waals surface area contributed by atoms with Crippen LogP contribution in [0.4, 0.5) is 11.4 Å². The number of nitrogens with zero attached hydrogens (tertiary/aromatic N) is 2. The molecule has 0 unspecified atom stereocenters. The summed E-state index contributed by atoms with van der Waals surface area (Å²) < 4.78 is 65.6. The van der Waals surface area contributed by atoms with E-state index in [1.54, 1.807) is 24.6 Å². The van der Waals surface area contributed by atoms with Crippen molar-refractivity contribution in [2.24, 2.45) is 10.2 Å². The molecule has 3 rings (SSSR count). The Hall–Kier alpha value is -3.58. The molecular weight excluding hydrogens is 456 g/mol. The SMILES string of the molecule is O=S(=O)([O-])c1ccc(NN=Cc2cccc(C=NNc3ccc(S(=O)(=O)[O-])cc3)c2)cc1. The molecule has 0 saturated carbocycles. The molecule has 3 aromatic carbocycles. The van der Waals surface area contributed by atoms with Crippen molar-refractivity contribution in [3.63, 3.8) is 0 Å². The Balaban J connectivity index is 1.59. The molecule has 0 fully saturated rings. The molecule has 0 spiro atoms. The van der Waals surface area contributed by atoms with Crippen LogP contribution in [0.3, 0.4) is 0 Å². The van der Waals surface area contributed by atoms with E-state index in [0.29, 0.717) is 11.4 Å². The Bertz CT molecular complexity index is 1250. The first-order valence-corrected chi connectivity index (χ1v) is 11.7. The Kier molecular flexibility index (Phi) is 7.00. The summed E-state index contributed by atoms with van der Waals surface area (Å²) in [4.78, 5) is -0.641. The minimum absolute atomic E-state index is 0.320. The van der Waals surface area contributed by atoms with Crippen LogP contribution in [0.15, 0.2) is 92.8 Å². The highest BCUT2D eigenvalue weighted by Crippen LogP contribution is 2.14. The molecule has 0 saturated heterocycles. The fourth-order valence-electron chi connectivity index (χ4n) is 2.47. The largest absolute Gasteiger partial charge is 0.744 e. The highest BCUT2D eigenvalue weighted by Gasteiger charge is 2.01. The van der Waals surface area contributed by atoms with Crippen LogP contribution in [0.5, 0.6) is 0 Å². The average molecular weight is 473 g/mol. The van der Waals surface area contributed by atoms with E-state index in [1.165, 1.54) is 48.5 Å². The Morgan fingerprint density at radius 1 is 0.625 bits per heavy atom. The number of hydrazone groups is 2. The van der Waals surface area contributed by atoms with Crippen LogP contribution >= 0.6 is 0 Å². The lowest BCUT2D eigenvalue weighted by molar-refractivity contribution is 0.461. The molecule has 0 aliphatic rings. The van der Waals surface area contributed by atoms with Crippen molar-refractivity contribution in [2.75, 3.05) is 10.9 Å². The smallest absolute Gasteiger partial charge is 0.124 e. The third-order valence-corrected chi connectivity index (χ3v) is 5.71. The molecule has 0 aromatic heterocycles. The number of hydrogen-bond donors (Lipinski definition) is 2. The zero-order valence-electron chi connectivity index (χ0n) is 16.2. The summed E-state index contributed by atoms with van der Waals surface area (Å²) in [5, 5.41) is 8.13. The molecule has 32 heavy (non-hydrogen) atoms. The van der Waals surface area contributed by atoms with E-state index in [2.05, 4.69) is 21.1 Å². The second-order valence-electron chi connectivity index (χ2n) is 6.37. The molecule has 3 aromatic rings. The van der Waals surface area contributed by atoms with Gasteiger partial charge in [-0.15, -0.1) is 0 Å². The van der Waals surface area contributed by atoms with E-state index in [9.17, 15) is 25.9 Å². The van der Waals surface area contributed by atoms with E-state index in [-0.39, 0.29) is 9.79 Å². The van der Waals surface area contributed by atoms with Crippen molar-refractivity contribution in [2.45, 2.75) is 9.79 Å². The number of nitrogens with one attached hydrogen (secondary N) is 2. The van der Waals surface area contributed by atoms with Gasteiger partial charge in [-0.1, -0.05) is 18.2 Å². The number of hydrogen-bond acceptors (Lipinski definition) is 10. The van der Waals surface area contributed by atoms with Crippen LogP contribution in [0.1, 0.15) is 11.1 Å². The standard InChI is InChI=1S/C20H18N4O6S2/c25-31(26,27)19-8-4-17(5-9-19)23-21-13-15-2-1-3-16(12-15)14-22-24-18-6-10-20(11-7-18)32(28,29)30/h1-14,23-24H,(H,25,26,27)(H,28,29,30)/p-2. The van der Waals surface area contributed by atoms with E-state index >= 15 is 0 Å². The van der Waals surface area contributed by atoms with Crippen molar-refractivity contribution < 1.29 is 25.9 Å². The van der Waals surface area contributed by atoms with Gasteiger partial charge in [0.15, 0.2) is 0 Å². The van der Waals surface area contributed by atoms with Crippen molar-refractivity contribution in [3.8, 4) is 0 Å². The molecule has 2 N–H and O–H groups in total. The van der Waals surface area contributed by atoms with Gasteiger partial charge in [-0.25, -0.2) is 16.8 Å². The molecule has 0 amide bonds. The molecule has 166 valence electrons. The first-order valence-electron chi connectivity index (χ1n) is 8.91. The van der Waals surface area contributed by atoms with Gasteiger partial charge in [-0.3, -0.25) is 10.9 Å². The first kappa shape index (κ1) is 23.1. The van der Waals surface area contributed by atoms with Crippen molar-refractivity contribution >= 4 is 44.0 Å². The maximum absolute atomic E-state index is 10.9. The highest BCUT2D eigenvalue weighted by molar-refractivity contribution is 7.86. The zero-order valence-corrected chi connectivity index (χ0v) is 17.9. The van der Waals surface area contributed by atoms with E-state index in [4.69, 9.17) is 0 Å². The Labute approximate surface area is 184 Å². The van der Waals surface area contributed by atoms with Gasteiger partial charge in [0.1, 0.15) is 20.2 Å².